The Labute approximate surface area is 178 Å². The maximum absolute atomic E-state index is 12.7. The maximum Gasteiger partial charge on any atom is 0.338 e. The lowest BCUT2D eigenvalue weighted by atomic mass is 9.95. The molecule has 0 spiro atoms. The molecule has 8 nitrogen and oxygen atoms in total. The molecule has 8 heteroatoms. The number of aliphatic hydroxyl groups excluding tert-OH is 1. The van der Waals surface area contributed by atoms with Gasteiger partial charge in [0.25, 0.3) is 11.8 Å². The van der Waals surface area contributed by atoms with Crippen molar-refractivity contribution in [2.75, 3.05) is 19.8 Å². The Morgan fingerprint density at radius 1 is 1.19 bits per heavy atom. The van der Waals surface area contributed by atoms with Gasteiger partial charge in [0.05, 0.1) is 25.3 Å². The summed E-state index contributed by atoms with van der Waals surface area (Å²) in [5.74, 6) is -0.878. The van der Waals surface area contributed by atoms with E-state index in [0.717, 1.165) is 10.5 Å². The van der Waals surface area contributed by atoms with Crippen molar-refractivity contribution in [1.82, 2.24) is 4.90 Å². The number of imide groups is 1. The van der Waals surface area contributed by atoms with Crippen molar-refractivity contribution in [3.8, 4) is 17.4 Å². The van der Waals surface area contributed by atoms with Crippen LogP contribution < -0.4 is 0 Å². The molecular weight excluding hydrogens is 400 g/mol. The molecule has 2 amide bonds. The van der Waals surface area contributed by atoms with Crippen LogP contribution in [-0.2, 0) is 14.3 Å². The van der Waals surface area contributed by atoms with Crippen molar-refractivity contribution in [3.05, 3.63) is 64.4 Å². The minimum Gasteiger partial charge on any atom is -0.462 e. The Morgan fingerprint density at radius 2 is 1.90 bits per heavy atom. The predicted molar refractivity (Wildman–Crippen MR) is 110 cm³/mol. The number of esters is 1. The van der Waals surface area contributed by atoms with E-state index in [1.165, 1.54) is 13.0 Å². The molecule has 0 unspecified atom stereocenters. The lowest BCUT2D eigenvalue weighted by Crippen LogP contribution is -2.44. The average molecular weight is 420 g/mol. The van der Waals surface area contributed by atoms with Gasteiger partial charge in [-0.05, 0) is 49.8 Å². The summed E-state index contributed by atoms with van der Waals surface area (Å²) in [6.45, 7) is 2.93. The van der Waals surface area contributed by atoms with Gasteiger partial charge in [0.2, 0.25) is 0 Å². The van der Waals surface area contributed by atoms with Gasteiger partial charge < -0.3 is 14.3 Å². The number of amides is 2. The van der Waals surface area contributed by atoms with E-state index < -0.39 is 24.4 Å². The fourth-order valence-corrected chi connectivity index (χ4v) is 3.15. The maximum atomic E-state index is 12.7. The van der Waals surface area contributed by atoms with Gasteiger partial charge in [0, 0.05) is 11.1 Å². The number of aliphatic hydroxyl groups is 1. The minimum atomic E-state index is -0.724. The zero-order chi connectivity index (χ0) is 22.5. The second kappa shape index (κ2) is 9.24. The molecule has 1 aliphatic rings. The number of carbonyl (C=O) groups excluding carboxylic acids is 3. The van der Waals surface area contributed by atoms with Gasteiger partial charge in [0.1, 0.15) is 23.2 Å². The molecule has 1 aromatic carbocycles. The molecule has 0 saturated heterocycles. The summed E-state index contributed by atoms with van der Waals surface area (Å²) in [6, 6.07) is 11.9. The van der Waals surface area contributed by atoms with Gasteiger partial charge in [-0.2, -0.15) is 5.26 Å². The fourth-order valence-electron chi connectivity index (χ4n) is 3.15. The molecular formula is C23H20N2O6. The van der Waals surface area contributed by atoms with Crippen LogP contribution in [0.25, 0.3) is 17.4 Å². The molecule has 2 heterocycles. The molecule has 0 bridgehead atoms. The SMILES string of the molecule is CCOC(=O)c1ccc(-c2ccc(/C=C3\C(=O)N(CCO)C(=O)C(C#N)=C3C)o2)cc1. The first-order chi connectivity index (χ1) is 14.9. The normalized spacial score (nSPS) is 15.4. The molecule has 0 atom stereocenters. The van der Waals surface area contributed by atoms with Gasteiger partial charge in [-0.15, -0.1) is 0 Å². The quantitative estimate of drug-likeness (QED) is 0.433. The summed E-state index contributed by atoms with van der Waals surface area (Å²) in [7, 11) is 0. The fraction of sp³-hybridized carbons (Fsp3) is 0.217. The lowest BCUT2D eigenvalue weighted by Gasteiger charge is -2.26. The first-order valence-corrected chi connectivity index (χ1v) is 9.58. The van der Waals surface area contributed by atoms with Crippen LogP contribution in [0, 0.1) is 11.3 Å². The molecule has 1 N–H and O–H groups in total. The summed E-state index contributed by atoms with van der Waals surface area (Å²) in [4.78, 5) is 37.6. The largest absolute Gasteiger partial charge is 0.462 e. The molecule has 158 valence electrons. The van der Waals surface area contributed by atoms with E-state index in [-0.39, 0.29) is 29.9 Å². The Morgan fingerprint density at radius 3 is 2.52 bits per heavy atom. The van der Waals surface area contributed by atoms with E-state index in [2.05, 4.69) is 0 Å². The Kier molecular flexibility index (Phi) is 6.48. The van der Waals surface area contributed by atoms with E-state index in [4.69, 9.17) is 14.3 Å². The molecule has 0 fully saturated rings. The highest BCUT2D eigenvalue weighted by Gasteiger charge is 2.35. The van der Waals surface area contributed by atoms with Crippen molar-refractivity contribution in [1.29, 1.82) is 5.26 Å². The number of benzene rings is 1. The van der Waals surface area contributed by atoms with Gasteiger partial charge in [-0.3, -0.25) is 14.5 Å². The third-order valence-corrected chi connectivity index (χ3v) is 4.74. The summed E-state index contributed by atoms with van der Waals surface area (Å²) >= 11 is 0. The van der Waals surface area contributed by atoms with Crippen molar-refractivity contribution < 1.29 is 28.6 Å². The predicted octanol–water partition coefficient (Wildman–Crippen LogP) is 2.71. The molecule has 1 aromatic heterocycles. The van der Waals surface area contributed by atoms with Crippen LogP contribution in [0.2, 0.25) is 0 Å². The number of β-amino-alcohol motifs (C(OH)–C–C–N with tert-alkyl or cyclic N) is 1. The lowest BCUT2D eigenvalue weighted by molar-refractivity contribution is -0.141. The minimum absolute atomic E-state index is 0.142. The third kappa shape index (κ3) is 4.32. The summed E-state index contributed by atoms with van der Waals surface area (Å²) in [6.07, 6.45) is 1.46. The topological polar surface area (TPSA) is 121 Å². The summed E-state index contributed by atoms with van der Waals surface area (Å²) < 4.78 is 10.8. The van der Waals surface area contributed by atoms with Crippen LogP contribution in [0.3, 0.4) is 0 Å². The third-order valence-electron chi connectivity index (χ3n) is 4.74. The Bertz CT molecular complexity index is 1130. The van der Waals surface area contributed by atoms with Crippen LogP contribution in [0.5, 0.6) is 0 Å². The van der Waals surface area contributed by atoms with Crippen LogP contribution in [0.1, 0.15) is 30.0 Å². The van der Waals surface area contributed by atoms with E-state index in [9.17, 15) is 19.6 Å². The van der Waals surface area contributed by atoms with Gasteiger partial charge in [-0.25, -0.2) is 4.79 Å². The van der Waals surface area contributed by atoms with Crippen LogP contribution in [-0.4, -0.2) is 47.5 Å². The van der Waals surface area contributed by atoms with Crippen LogP contribution in [0.4, 0.5) is 0 Å². The van der Waals surface area contributed by atoms with Crippen molar-refractivity contribution in [3.63, 3.8) is 0 Å². The van der Waals surface area contributed by atoms with E-state index in [0.29, 0.717) is 17.1 Å². The highest BCUT2D eigenvalue weighted by Crippen LogP contribution is 2.29. The van der Waals surface area contributed by atoms with Crippen molar-refractivity contribution >= 4 is 23.9 Å². The zero-order valence-corrected chi connectivity index (χ0v) is 17.0. The first-order valence-electron chi connectivity index (χ1n) is 9.58. The van der Waals surface area contributed by atoms with Crippen molar-refractivity contribution in [2.45, 2.75) is 13.8 Å². The van der Waals surface area contributed by atoms with E-state index in [1.54, 1.807) is 43.3 Å². The second-order valence-corrected chi connectivity index (χ2v) is 6.66. The van der Waals surface area contributed by atoms with Crippen LogP contribution in [0.15, 0.2) is 57.5 Å². The molecule has 3 rings (SSSR count). The van der Waals surface area contributed by atoms with E-state index in [1.807, 2.05) is 6.07 Å². The first kappa shape index (κ1) is 21.7. The monoisotopic (exact) mass is 420 g/mol. The van der Waals surface area contributed by atoms with Gasteiger partial charge in [-0.1, -0.05) is 12.1 Å². The average Bonchev–Trinajstić information content (AvgIpc) is 3.23. The Balaban J connectivity index is 1.92. The number of ether oxygens (including phenoxy) is 1. The number of hydrogen-bond acceptors (Lipinski definition) is 7. The molecule has 0 saturated carbocycles. The van der Waals surface area contributed by atoms with Crippen molar-refractivity contribution in [2.24, 2.45) is 0 Å². The molecule has 0 radical (unpaired) electrons. The zero-order valence-electron chi connectivity index (χ0n) is 17.0. The number of nitriles is 1. The van der Waals surface area contributed by atoms with Crippen LogP contribution >= 0.6 is 0 Å². The van der Waals surface area contributed by atoms with E-state index >= 15 is 0 Å². The smallest absolute Gasteiger partial charge is 0.338 e. The molecule has 0 aliphatic carbocycles. The number of hydrogen-bond donors (Lipinski definition) is 1. The number of furan rings is 1. The molecule has 1 aliphatic heterocycles. The van der Waals surface area contributed by atoms with Gasteiger partial charge in [0.15, 0.2) is 0 Å². The molecule has 2 aromatic rings. The number of carbonyl (C=O) groups is 3. The Hall–Kier alpha value is -3.96. The summed E-state index contributed by atoms with van der Waals surface area (Å²) in [5.41, 5.74) is 1.38. The highest BCUT2D eigenvalue weighted by atomic mass is 16.5. The number of nitrogens with zero attached hydrogens (tertiary/aromatic N) is 2. The number of rotatable bonds is 6. The second-order valence-electron chi connectivity index (χ2n) is 6.66. The standard InChI is InChI=1S/C23H20N2O6/c1-3-30-23(29)16-6-4-15(5-7-16)20-9-8-17(31-20)12-18-14(2)19(13-24)22(28)25(10-11-26)21(18)27/h4-9,12,26H,3,10-11H2,1-2H3/b18-12-. The molecule has 31 heavy (non-hydrogen) atoms. The van der Waals surface area contributed by atoms with Gasteiger partial charge >= 0.3 is 5.97 Å². The highest BCUT2D eigenvalue weighted by molar-refractivity contribution is 6.19. The summed E-state index contributed by atoms with van der Waals surface area (Å²) in [5, 5.41) is 18.5.